The second kappa shape index (κ2) is 4.42. The molecular formula is C13H14N2O3. The maximum Gasteiger partial charge on any atom is 0.306 e. The summed E-state index contributed by atoms with van der Waals surface area (Å²) in [6, 6.07) is 5.90. The van der Waals surface area contributed by atoms with Gasteiger partial charge in [0.25, 0.3) is 0 Å². The number of rotatable bonds is 2. The molecule has 2 heterocycles. The Morgan fingerprint density at radius 2 is 2.39 bits per heavy atom. The van der Waals surface area contributed by atoms with Gasteiger partial charge in [-0.2, -0.15) is 0 Å². The lowest BCUT2D eigenvalue weighted by Crippen LogP contribution is -2.35. The van der Waals surface area contributed by atoms with Crippen molar-refractivity contribution >= 4 is 16.9 Å². The summed E-state index contributed by atoms with van der Waals surface area (Å²) < 4.78 is 4.98. The molecule has 0 bridgehead atoms. The highest BCUT2D eigenvalue weighted by Gasteiger charge is 2.28. The number of fused-ring (bicyclic) bond motifs is 1. The van der Waals surface area contributed by atoms with Gasteiger partial charge in [-0.15, -0.1) is 0 Å². The van der Waals surface area contributed by atoms with E-state index >= 15 is 0 Å². The third kappa shape index (κ3) is 1.86. The van der Waals surface area contributed by atoms with Gasteiger partial charge < -0.3 is 14.9 Å². The monoisotopic (exact) mass is 246 g/mol. The van der Waals surface area contributed by atoms with Crippen LogP contribution in [0.4, 0.5) is 0 Å². The number of hydrogen-bond donors (Lipinski definition) is 2. The number of aromatic nitrogens is 1. The molecule has 2 atom stereocenters. The van der Waals surface area contributed by atoms with E-state index in [0.717, 1.165) is 23.0 Å². The van der Waals surface area contributed by atoms with Gasteiger partial charge in [0.1, 0.15) is 11.8 Å². The number of nitrogens with zero attached hydrogens (tertiary/aromatic N) is 1. The lowest BCUT2D eigenvalue weighted by Gasteiger charge is -2.28. The lowest BCUT2D eigenvalue weighted by atomic mass is 9.88. The van der Waals surface area contributed by atoms with Crippen molar-refractivity contribution in [3.05, 3.63) is 30.0 Å². The Hall–Kier alpha value is -1.88. The number of benzene rings is 1. The van der Waals surface area contributed by atoms with Crippen LogP contribution >= 0.6 is 0 Å². The predicted molar refractivity (Wildman–Crippen MR) is 65.1 cm³/mol. The van der Waals surface area contributed by atoms with Crippen LogP contribution in [0.3, 0.4) is 0 Å². The smallest absolute Gasteiger partial charge is 0.306 e. The van der Waals surface area contributed by atoms with Crippen molar-refractivity contribution < 1.29 is 14.4 Å². The first-order valence-corrected chi connectivity index (χ1v) is 6.05. The minimum absolute atomic E-state index is 0.0358. The van der Waals surface area contributed by atoms with Crippen LogP contribution in [-0.4, -0.2) is 22.8 Å². The van der Waals surface area contributed by atoms with E-state index in [1.807, 2.05) is 18.2 Å². The fraction of sp³-hybridized carbons (Fsp3) is 0.385. The van der Waals surface area contributed by atoms with Crippen LogP contribution < -0.4 is 5.32 Å². The molecule has 1 saturated heterocycles. The van der Waals surface area contributed by atoms with Crippen molar-refractivity contribution in [3.8, 4) is 0 Å². The Labute approximate surface area is 104 Å². The molecule has 1 aromatic heterocycles. The van der Waals surface area contributed by atoms with Crippen molar-refractivity contribution in [3.63, 3.8) is 0 Å². The third-order valence-electron chi connectivity index (χ3n) is 3.55. The van der Waals surface area contributed by atoms with E-state index in [9.17, 15) is 4.79 Å². The van der Waals surface area contributed by atoms with Gasteiger partial charge in [-0.3, -0.25) is 4.79 Å². The van der Waals surface area contributed by atoms with Gasteiger partial charge in [-0.25, -0.2) is 0 Å². The molecular weight excluding hydrogens is 232 g/mol. The summed E-state index contributed by atoms with van der Waals surface area (Å²) in [7, 11) is 0. The molecule has 5 nitrogen and oxygen atoms in total. The first kappa shape index (κ1) is 11.2. The van der Waals surface area contributed by atoms with Crippen LogP contribution in [0.15, 0.2) is 29.0 Å². The van der Waals surface area contributed by atoms with Crippen molar-refractivity contribution in [1.29, 1.82) is 0 Å². The molecule has 0 saturated carbocycles. The summed E-state index contributed by atoms with van der Waals surface area (Å²) in [5.41, 5.74) is 1.84. The van der Waals surface area contributed by atoms with Gasteiger partial charge in [0.15, 0.2) is 0 Å². The highest BCUT2D eigenvalue weighted by atomic mass is 16.5. The number of carbonyl (C=O) groups is 1. The van der Waals surface area contributed by atoms with E-state index in [1.165, 1.54) is 0 Å². The normalized spacial score (nSPS) is 24.2. The highest BCUT2D eigenvalue weighted by Crippen LogP contribution is 2.31. The van der Waals surface area contributed by atoms with E-state index in [-0.39, 0.29) is 12.0 Å². The van der Waals surface area contributed by atoms with Gasteiger partial charge in [-0.1, -0.05) is 17.3 Å². The van der Waals surface area contributed by atoms with Gasteiger partial charge in [0.05, 0.1) is 5.92 Å². The molecule has 0 spiro atoms. The number of hydrogen-bond acceptors (Lipinski definition) is 4. The van der Waals surface area contributed by atoms with E-state index in [0.29, 0.717) is 12.8 Å². The first-order chi connectivity index (χ1) is 8.75. The number of aliphatic carboxylic acids is 1. The third-order valence-corrected chi connectivity index (χ3v) is 3.55. The number of nitrogens with one attached hydrogen (secondary N) is 1. The van der Waals surface area contributed by atoms with Crippen LogP contribution in [0.5, 0.6) is 0 Å². The summed E-state index contributed by atoms with van der Waals surface area (Å²) in [5.74, 6) is -0.993. The Balaban J connectivity index is 1.94. The van der Waals surface area contributed by atoms with Gasteiger partial charge in [0.2, 0.25) is 0 Å². The number of piperidine rings is 1. The number of carboxylic acid groups (broad SMARTS) is 1. The van der Waals surface area contributed by atoms with Gasteiger partial charge in [0, 0.05) is 11.4 Å². The zero-order valence-electron chi connectivity index (χ0n) is 9.80. The topological polar surface area (TPSA) is 75.4 Å². The summed E-state index contributed by atoms with van der Waals surface area (Å²) in [4.78, 5) is 11.1. The molecule has 5 heteroatoms. The molecule has 2 aromatic rings. The van der Waals surface area contributed by atoms with E-state index in [2.05, 4.69) is 10.5 Å². The molecule has 0 radical (unpaired) electrons. The second-order valence-electron chi connectivity index (χ2n) is 4.67. The molecule has 94 valence electrons. The molecule has 0 aliphatic carbocycles. The second-order valence-corrected chi connectivity index (χ2v) is 4.67. The minimum atomic E-state index is -0.714. The van der Waals surface area contributed by atoms with Crippen LogP contribution in [-0.2, 0) is 4.79 Å². The van der Waals surface area contributed by atoms with Gasteiger partial charge in [-0.05, 0) is 31.0 Å². The maximum atomic E-state index is 11.1. The van der Waals surface area contributed by atoms with Crippen LogP contribution in [0.25, 0.3) is 10.9 Å². The maximum absolute atomic E-state index is 11.1. The minimum Gasteiger partial charge on any atom is -0.481 e. The summed E-state index contributed by atoms with van der Waals surface area (Å²) >= 11 is 0. The molecule has 1 aromatic carbocycles. The van der Waals surface area contributed by atoms with Crippen molar-refractivity contribution in [1.82, 2.24) is 10.5 Å². The van der Waals surface area contributed by atoms with Crippen molar-refractivity contribution in [2.45, 2.75) is 18.9 Å². The quantitative estimate of drug-likeness (QED) is 0.847. The Morgan fingerprint density at radius 3 is 3.22 bits per heavy atom. The van der Waals surface area contributed by atoms with Crippen LogP contribution in [0.2, 0.25) is 0 Å². The molecule has 18 heavy (non-hydrogen) atoms. The average Bonchev–Trinajstić information content (AvgIpc) is 2.87. The standard InChI is InChI=1S/C13H14N2O3/c16-13(17)8-4-5-14-11(6-8)10-3-1-2-9-7-18-15-12(9)10/h1-3,7-8,11,14H,4-6H2,(H,16,17). The van der Waals surface area contributed by atoms with Gasteiger partial charge >= 0.3 is 5.97 Å². The molecule has 1 aliphatic rings. The van der Waals surface area contributed by atoms with E-state index in [4.69, 9.17) is 9.63 Å². The molecule has 1 aliphatic heterocycles. The first-order valence-electron chi connectivity index (χ1n) is 6.05. The summed E-state index contributed by atoms with van der Waals surface area (Å²) in [6.07, 6.45) is 2.89. The highest BCUT2D eigenvalue weighted by molar-refractivity contribution is 5.81. The fourth-order valence-corrected chi connectivity index (χ4v) is 2.58. The Morgan fingerprint density at radius 1 is 1.50 bits per heavy atom. The Bertz CT molecular complexity index is 578. The number of carboxylic acids is 1. The molecule has 1 fully saturated rings. The van der Waals surface area contributed by atoms with Crippen LogP contribution in [0, 0.1) is 5.92 Å². The average molecular weight is 246 g/mol. The summed E-state index contributed by atoms with van der Waals surface area (Å²) in [6.45, 7) is 0.718. The SMILES string of the molecule is O=C(O)C1CCNC(c2cccc3conc23)C1. The van der Waals surface area contributed by atoms with E-state index in [1.54, 1.807) is 6.26 Å². The molecule has 2 N–H and O–H groups in total. The Kier molecular flexibility index (Phi) is 2.76. The zero-order valence-corrected chi connectivity index (χ0v) is 9.80. The fourth-order valence-electron chi connectivity index (χ4n) is 2.58. The largest absolute Gasteiger partial charge is 0.481 e. The van der Waals surface area contributed by atoms with Crippen molar-refractivity contribution in [2.75, 3.05) is 6.54 Å². The zero-order chi connectivity index (χ0) is 12.5. The lowest BCUT2D eigenvalue weighted by molar-refractivity contribution is -0.143. The van der Waals surface area contributed by atoms with Crippen LogP contribution in [0.1, 0.15) is 24.4 Å². The van der Waals surface area contributed by atoms with Crippen molar-refractivity contribution in [2.24, 2.45) is 5.92 Å². The summed E-state index contributed by atoms with van der Waals surface area (Å²) in [5, 5.41) is 17.4. The molecule has 0 amide bonds. The predicted octanol–water partition coefficient (Wildman–Crippen LogP) is 1.95. The molecule has 2 unspecified atom stereocenters. The van der Waals surface area contributed by atoms with E-state index < -0.39 is 5.97 Å². The molecule has 3 rings (SSSR count).